The molecule has 0 saturated carbocycles. The predicted molar refractivity (Wildman–Crippen MR) is 88.6 cm³/mol. The lowest BCUT2D eigenvalue weighted by Crippen LogP contribution is -2.36. The number of aryl methyl sites for hydroxylation is 1. The van der Waals surface area contributed by atoms with Gasteiger partial charge in [0.25, 0.3) is 5.71 Å². The number of aliphatic hydroxyl groups excluding tert-OH is 1. The first-order valence-electron chi connectivity index (χ1n) is 7.77. The van der Waals surface area contributed by atoms with Gasteiger partial charge in [0.2, 0.25) is 0 Å². The number of aromatic nitrogens is 3. The molecular weight excluding hydrogens is 312 g/mol. The summed E-state index contributed by atoms with van der Waals surface area (Å²) in [7, 11) is 0. The van der Waals surface area contributed by atoms with Crippen molar-refractivity contribution >= 4 is 28.3 Å². The highest BCUT2D eigenvalue weighted by molar-refractivity contribution is 7.10. The van der Waals surface area contributed by atoms with Crippen LogP contribution in [0.3, 0.4) is 0 Å². The highest BCUT2D eigenvalue weighted by Gasteiger charge is 2.28. The molecule has 0 bridgehead atoms. The van der Waals surface area contributed by atoms with E-state index in [-0.39, 0.29) is 6.10 Å². The van der Waals surface area contributed by atoms with Crippen LogP contribution in [0, 0.1) is 12.8 Å². The fraction of sp³-hybridized carbons (Fsp3) is 0.438. The van der Waals surface area contributed by atoms with Crippen LogP contribution >= 0.6 is 11.3 Å². The van der Waals surface area contributed by atoms with Gasteiger partial charge in [-0.3, -0.25) is 0 Å². The molecule has 4 heterocycles. The third-order valence-corrected chi connectivity index (χ3v) is 5.49. The SMILES string of the molecule is Cc1noc2ncnc(N3CCC(C(O)c4cccs4)CC3)c12. The molecule has 1 aliphatic rings. The zero-order valence-electron chi connectivity index (χ0n) is 12.8. The van der Waals surface area contributed by atoms with Gasteiger partial charge in [0, 0.05) is 18.0 Å². The molecule has 0 aromatic carbocycles. The Morgan fingerprint density at radius 3 is 2.91 bits per heavy atom. The van der Waals surface area contributed by atoms with E-state index in [0.717, 1.165) is 47.7 Å². The second-order valence-electron chi connectivity index (χ2n) is 5.93. The minimum absolute atomic E-state index is 0.297. The topological polar surface area (TPSA) is 75.3 Å². The van der Waals surface area contributed by atoms with Crippen molar-refractivity contribution in [2.75, 3.05) is 18.0 Å². The largest absolute Gasteiger partial charge is 0.387 e. The van der Waals surface area contributed by atoms with Crippen molar-refractivity contribution in [1.29, 1.82) is 0 Å². The maximum absolute atomic E-state index is 10.5. The summed E-state index contributed by atoms with van der Waals surface area (Å²) in [5.41, 5.74) is 1.35. The van der Waals surface area contributed by atoms with E-state index in [1.165, 1.54) is 6.33 Å². The van der Waals surface area contributed by atoms with Crippen LogP contribution < -0.4 is 4.90 Å². The maximum Gasteiger partial charge on any atom is 0.263 e. The molecular formula is C16H18N4O2S. The Morgan fingerprint density at radius 1 is 1.35 bits per heavy atom. The van der Waals surface area contributed by atoms with Crippen molar-refractivity contribution in [3.63, 3.8) is 0 Å². The number of piperidine rings is 1. The van der Waals surface area contributed by atoms with Gasteiger partial charge in [-0.25, -0.2) is 4.98 Å². The number of rotatable bonds is 3. The predicted octanol–water partition coefficient (Wildman–Crippen LogP) is 2.94. The third kappa shape index (κ3) is 2.60. The molecule has 3 aromatic heterocycles. The number of nitrogens with zero attached hydrogens (tertiary/aromatic N) is 4. The number of aliphatic hydroxyl groups is 1. The Hall–Kier alpha value is -1.99. The third-order valence-electron chi connectivity index (χ3n) is 4.54. The van der Waals surface area contributed by atoms with Crippen molar-refractivity contribution in [2.45, 2.75) is 25.9 Å². The highest BCUT2D eigenvalue weighted by atomic mass is 32.1. The number of hydrogen-bond donors (Lipinski definition) is 1. The summed E-state index contributed by atoms with van der Waals surface area (Å²) in [6.45, 7) is 3.64. The Balaban J connectivity index is 1.52. The summed E-state index contributed by atoms with van der Waals surface area (Å²) in [5.74, 6) is 1.18. The molecule has 23 heavy (non-hydrogen) atoms. The van der Waals surface area contributed by atoms with Crippen molar-refractivity contribution < 1.29 is 9.63 Å². The number of anilines is 1. The fourth-order valence-electron chi connectivity index (χ4n) is 3.26. The van der Waals surface area contributed by atoms with Gasteiger partial charge >= 0.3 is 0 Å². The molecule has 7 heteroatoms. The minimum atomic E-state index is -0.361. The maximum atomic E-state index is 10.5. The van der Waals surface area contributed by atoms with Crippen LogP contribution in [0.1, 0.15) is 29.5 Å². The lowest BCUT2D eigenvalue weighted by molar-refractivity contribution is 0.0961. The van der Waals surface area contributed by atoms with Crippen LogP contribution in [0.2, 0.25) is 0 Å². The first-order valence-corrected chi connectivity index (χ1v) is 8.65. The van der Waals surface area contributed by atoms with Gasteiger partial charge in [-0.2, -0.15) is 4.98 Å². The molecule has 120 valence electrons. The molecule has 1 atom stereocenters. The number of fused-ring (bicyclic) bond motifs is 1. The fourth-order valence-corrected chi connectivity index (χ4v) is 4.07. The molecule has 6 nitrogen and oxygen atoms in total. The second kappa shape index (κ2) is 5.90. The molecule has 0 radical (unpaired) electrons. The molecule has 0 amide bonds. The summed E-state index contributed by atoms with van der Waals surface area (Å²) < 4.78 is 5.22. The molecule has 1 fully saturated rings. The van der Waals surface area contributed by atoms with Gasteiger partial charge in [-0.1, -0.05) is 11.2 Å². The van der Waals surface area contributed by atoms with Gasteiger partial charge in [-0.15, -0.1) is 11.3 Å². The van der Waals surface area contributed by atoms with E-state index < -0.39 is 0 Å². The van der Waals surface area contributed by atoms with E-state index in [0.29, 0.717) is 11.6 Å². The van der Waals surface area contributed by atoms with Crippen molar-refractivity contribution in [2.24, 2.45) is 5.92 Å². The molecule has 0 spiro atoms. The van der Waals surface area contributed by atoms with E-state index in [2.05, 4.69) is 20.0 Å². The first-order chi connectivity index (χ1) is 11.2. The van der Waals surface area contributed by atoms with Crippen molar-refractivity contribution in [3.8, 4) is 0 Å². The van der Waals surface area contributed by atoms with Gasteiger partial charge in [-0.05, 0) is 37.1 Å². The van der Waals surface area contributed by atoms with E-state index in [4.69, 9.17) is 4.52 Å². The van der Waals surface area contributed by atoms with E-state index in [1.54, 1.807) is 11.3 Å². The van der Waals surface area contributed by atoms with Gasteiger partial charge in [0.15, 0.2) is 0 Å². The van der Waals surface area contributed by atoms with E-state index in [1.807, 2.05) is 24.4 Å². The average Bonchev–Trinajstić information content (AvgIpc) is 3.25. The summed E-state index contributed by atoms with van der Waals surface area (Å²) in [4.78, 5) is 11.9. The average molecular weight is 330 g/mol. The van der Waals surface area contributed by atoms with Gasteiger partial charge in [0.1, 0.15) is 17.5 Å². The van der Waals surface area contributed by atoms with Gasteiger partial charge < -0.3 is 14.5 Å². The molecule has 4 rings (SSSR count). The zero-order valence-corrected chi connectivity index (χ0v) is 13.7. The Bertz CT molecular complexity index is 794. The van der Waals surface area contributed by atoms with Crippen LogP contribution in [0.25, 0.3) is 11.1 Å². The van der Waals surface area contributed by atoms with Crippen molar-refractivity contribution in [3.05, 3.63) is 34.4 Å². The summed E-state index contributed by atoms with van der Waals surface area (Å²) >= 11 is 1.62. The smallest absolute Gasteiger partial charge is 0.263 e. The standard InChI is InChI=1S/C16H18N4O2S/c1-10-13-15(17-9-18-16(13)22-19-10)20-6-4-11(5-7-20)14(21)12-3-2-8-23-12/h2-3,8-9,11,14,21H,4-7H2,1H3. The number of thiophene rings is 1. The lowest BCUT2D eigenvalue weighted by Gasteiger charge is -2.34. The highest BCUT2D eigenvalue weighted by Crippen LogP contribution is 2.35. The first kappa shape index (κ1) is 14.6. The summed E-state index contributed by atoms with van der Waals surface area (Å²) in [6, 6.07) is 4.00. The van der Waals surface area contributed by atoms with E-state index in [9.17, 15) is 5.11 Å². The monoisotopic (exact) mass is 330 g/mol. The minimum Gasteiger partial charge on any atom is -0.387 e. The molecule has 1 unspecified atom stereocenters. The Labute approximate surface area is 137 Å². The van der Waals surface area contributed by atoms with Crippen LogP contribution in [-0.4, -0.2) is 33.3 Å². The number of hydrogen-bond acceptors (Lipinski definition) is 7. The molecule has 1 aliphatic heterocycles. The quantitative estimate of drug-likeness (QED) is 0.796. The van der Waals surface area contributed by atoms with Crippen LogP contribution in [0.4, 0.5) is 5.82 Å². The summed E-state index contributed by atoms with van der Waals surface area (Å²) in [6.07, 6.45) is 3.04. The van der Waals surface area contributed by atoms with Crippen LogP contribution in [-0.2, 0) is 0 Å². The van der Waals surface area contributed by atoms with E-state index >= 15 is 0 Å². The Kier molecular flexibility index (Phi) is 3.74. The molecule has 1 saturated heterocycles. The second-order valence-corrected chi connectivity index (χ2v) is 6.91. The molecule has 3 aromatic rings. The normalized spacial score (nSPS) is 17.7. The van der Waals surface area contributed by atoms with Gasteiger partial charge in [0.05, 0.1) is 11.8 Å². The lowest BCUT2D eigenvalue weighted by atomic mass is 9.90. The molecule has 1 N–H and O–H groups in total. The van der Waals surface area contributed by atoms with Crippen LogP contribution in [0.5, 0.6) is 0 Å². The Morgan fingerprint density at radius 2 is 2.17 bits per heavy atom. The zero-order chi connectivity index (χ0) is 15.8. The molecule has 0 aliphatic carbocycles. The summed E-state index contributed by atoms with van der Waals surface area (Å²) in [5, 5.41) is 17.4. The van der Waals surface area contributed by atoms with Crippen molar-refractivity contribution in [1.82, 2.24) is 15.1 Å². The van der Waals surface area contributed by atoms with Crippen LogP contribution in [0.15, 0.2) is 28.4 Å².